The highest BCUT2D eigenvalue weighted by molar-refractivity contribution is 5.20. The predicted molar refractivity (Wildman–Crippen MR) is 91.5 cm³/mol. The van der Waals surface area contributed by atoms with Crippen LogP contribution in [0.5, 0.6) is 0 Å². The molecule has 0 amide bonds. The molecule has 118 valence electrons. The fourth-order valence-corrected chi connectivity index (χ4v) is 3.66. The van der Waals surface area contributed by atoms with Gasteiger partial charge in [0.2, 0.25) is 0 Å². The number of nitrogens with zero attached hydrogens (tertiary/aromatic N) is 1. The number of rotatable bonds is 6. The third kappa shape index (κ3) is 4.31. The summed E-state index contributed by atoms with van der Waals surface area (Å²) in [5.74, 6) is 0.920. The van der Waals surface area contributed by atoms with Crippen molar-refractivity contribution in [3.63, 3.8) is 0 Å². The molecule has 0 radical (unpaired) electrons. The summed E-state index contributed by atoms with van der Waals surface area (Å²) in [4.78, 5) is 2.62. The quantitative estimate of drug-likeness (QED) is 0.842. The van der Waals surface area contributed by atoms with Crippen molar-refractivity contribution in [2.45, 2.75) is 64.6 Å². The molecule has 2 unspecified atom stereocenters. The van der Waals surface area contributed by atoms with Gasteiger partial charge in [0.05, 0.1) is 0 Å². The highest BCUT2D eigenvalue weighted by Crippen LogP contribution is 2.30. The molecular weight excluding hydrogens is 256 g/mol. The maximum atomic E-state index is 3.69. The zero-order chi connectivity index (χ0) is 15.2. The first-order valence-electron chi connectivity index (χ1n) is 8.63. The third-order valence-electron chi connectivity index (χ3n) is 5.27. The Labute approximate surface area is 130 Å². The van der Waals surface area contributed by atoms with Crippen LogP contribution in [0.1, 0.15) is 58.1 Å². The van der Waals surface area contributed by atoms with E-state index >= 15 is 0 Å². The summed E-state index contributed by atoms with van der Waals surface area (Å²) in [7, 11) is 2.32. The molecule has 0 bridgehead atoms. The average molecular weight is 288 g/mol. The van der Waals surface area contributed by atoms with E-state index in [0.717, 1.165) is 18.5 Å². The minimum absolute atomic E-state index is 0.417. The van der Waals surface area contributed by atoms with Crippen molar-refractivity contribution in [2.24, 2.45) is 5.92 Å². The normalized spacial score (nSPS) is 25.8. The van der Waals surface area contributed by atoms with Crippen LogP contribution >= 0.6 is 0 Å². The predicted octanol–water partition coefficient (Wildman–Crippen LogP) is 4.24. The molecule has 21 heavy (non-hydrogen) atoms. The second-order valence-electron chi connectivity index (χ2n) is 6.77. The molecule has 0 aliphatic heterocycles. The Kier molecular flexibility index (Phi) is 6.25. The van der Waals surface area contributed by atoms with Gasteiger partial charge in [0, 0.05) is 18.1 Å². The minimum atomic E-state index is 0.417. The van der Waals surface area contributed by atoms with Crippen LogP contribution in [0.4, 0.5) is 0 Å². The topological polar surface area (TPSA) is 15.3 Å². The Bertz CT molecular complexity index is 395. The van der Waals surface area contributed by atoms with E-state index in [0.29, 0.717) is 12.1 Å². The number of hydrogen-bond donors (Lipinski definition) is 1. The summed E-state index contributed by atoms with van der Waals surface area (Å²) in [5, 5.41) is 3.69. The highest BCUT2D eigenvalue weighted by atomic mass is 15.2. The lowest BCUT2D eigenvalue weighted by molar-refractivity contribution is 0.109. The van der Waals surface area contributed by atoms with Crippen molar-refractivity contribution >= 4 is 0 Å². The number of nitrogens with one attached hydrogen (secondary N) is 1. The zero-order valence-electron chi connectivity index (χ0n) is 14.2. The molecule has 1 aromatic carbocycles. The van der Waals surface area contributed by atoms with Gasteiger partial charge in [-0.2, -0.15) is 0 Å². The van der Waals surface area contributed by atoms with Crippen molar-refractivity contribution in [1.29, 1.82) is 0 Å². The van der Waals surface area contributed by atoms with Crippen molar-refractivity contribution < 1.29 is 0 Å². The van der Waals surface area contributed by atoms with E-state index in [4.69, 9.17) is 0 Å². The van der Waals surface area contributed by atoms with Gasteiger partial charge < -0.3 is 5.32 Å². The van der Waals surface area contributed by atoms with Gasteiger partial charge in [-0.1, -0.05) is 44.2 Å². The molecule has 2 rings (SSSR count). The van der Waals surface area contributed by atoms with Crippen LogP contribution in [0.2, 0.25) is 0 Å². The molecule has 0 aromatic heterocycles. The SMILES string of the molecule is CCNC(c1ccccc1)C(C)N(C)C1CCC(C)CC1. The second-order valence-corrected chi connectivity index (χ2v) is 6.77. The lowest BCUT2D eigenvalue weighted by atomic mass is 9.85. The first-order valence-corrected chi connectivity index (χ1v) is 8.63. The van der Waals surface area contributed by atoms with Gasteiger partial charge in [0.1, 0.15) is 0 Å². The Balaban J connectivity index is 2.05. The summed E-state index contributed by atoms with van der Waals surface area (Å²) >= 11 is 0. The van der Waals surface area contributed by atoms with Crippen molar-refractivity contribution in [1.82, 2.24) is 10.2 Å². The van der Waals surface area contributed by atoms with E-state index in [2.05, 4.69) is 68.4 Å². The van der Waals surface area contributed by atoms with Crippen LogP contribution in [0.3, 0.4) is 0 Å². The van der Waals surface area contributed by atoms with E-state index in [1.54, 1.807) is 0 Å². The Morgan fingerprint density at radius 3 is 2.33 bits per heavy atom. The van der Waals surface area contributed by atoms with Gasteiger partial charge in [0.15, 0.2) is 0 Å². The summed E-state index contributed by atoms with van der Waals surface area (Å²) in [6, 6.07) is 12.6. The Morgan fingerprint density at radius 1 is 1.14 bits per heavy atom. The molecule has 0 spiro atoms. The number of hydrogen-bond acceptors (Lipinski definition) is 2. The lowest BCUT2D eigenvalue weighted by Crippen LogP contribution is -2.46. The van der Waals surface area contributed by atoms with Crippen LogP contribution in [-0.2, 0) is 0 Å². The van der Waals surface area contributed by atoms with Gasteiger partial charge in [-0.05, 0) is 57.7 Å². The van der Waals surface area contributed by atoms with Crippen molar-refractivity contribution in [3.8, 4) is 0 Å². The van der Waals surface area contributed by atoms with Gasteiger partial charge in [-0.15, -0.1) is 0 Å². The molecule has 0 heterocycles. The molecule has 1 N–H and O–H groups in total. The Hall–Kier alpha value is -0.860. The molecule has 0 saturated heterocycles. The monoisotopic (exact) mass is 288 g/mol. The van der Waals surface area contributed by atoms with Crippen LogP contribution < -0.4 is 5.32 Å². The average Bonchev–Trinajstić information content (AvgIpc) is 2.53. The smallest absolute Gasteiger partial charge is 0.0475 e. The van der Waals surface area contributed by atoms with Crippen molar-refractivity contribution in [2.75, 3.05) is 13.6 Å². The van der Waals surface area contributed by atoms with E-state index < -0.39 is 0 Å². The maximum absolute atomic E-state index is 3.69. The van der Waals surface area contributed by atoms with E-state index in [-0.39, 0.29) is 0 Å². The van der Waals surface area contributed by atoms with Crippen LogP contribution in [-0.4, -0.2) is 30.6 Å². The molecule has 2 heteroatoms. The van der Waals surface area contributed by atoms with E-state index in [1.807, 2.05) is 0 Å². The molecule has 1 aromatic rings. The molecule has 2 nitrogen and oxygen atoms in total. The van der Waals surface area contributed by atoms with Crippen LogP contribution in [0, 0.1) is 5.92 Å². The standard InChI is InChI=1S/C19H32N2/c1-5-20-19(17-9-7-6-8-10-17)16(3)21(4)18-13-11-15(2)12-14-18/h6-10,15-16,18-20H,5,11-14H2,1-4H3. The first kappa shape index (κ1) is 16.5. The maximum Gasteiger partial charge on any atom is 0.0475 e. The molecule has 1 fully saturated rings. The fraction of sp³-hybridized carbons (Fsp3) is 0.684. The lowest BCUT2D eigenvalue weighted by Gasteiger charge is -2.40. The van der Waals surface area contributed by atoms with Crippen LogP contribution in [0.15, 0.2) is 30.3 Å². The number of benzene rings is 1. The second kappa shape index (κ2) is 7.95. The summed E-state index contributed by atoms with van der Waals surface area (Å²) in [6.45, 7) is 7.98. The molecule has 2 atom stereocenters. The highest BCUT2D eigenvalue weighted by Gasteiger charge is 2.29. The summed E-state index contributed by atoms with van der Waals surface area (Å²) < 4.78 is 0. The van der Waals surface area contributed by atoms with E-state index in [1.165, 1.54) is 31.2 Å². The third-order valence-corrected chi connectivity index (χ3v) is 5.27. The Morgan fingerprint density at radius 2 is 1.76 bits per heavy atom. The number of likely N-dealkylation sites (N-methyl/N-ethyl adjacent to an activating group) is 2. The van der Waals surface area contributed by atoms with E-state index in [9.17, 15) is 0 Å². The minimum Gasteiger partial charge on any atom is -0.309 e. The van der Waals surface area contributed by atoms with Gasteiger partial charge in [0.25, 0.3) is 0 Å². The van der Waals surface area contributed by atoms with Crippen LogP contribution in [0.25, 0.3) is 0 Å². The van der Waals surface area contributed by atoms with Gasteiger partial charge >= 0.3 is 0 Å². The molecular formula is C19H32N2. The van der Waals surface area contributed by atoms with Gasteiger partial charge in [-0.3, -0.25) is 4.90 Å². The summed E-state index contributed by atoms with van der Waals surface area (Å²) in [5.41, 5.74) is 1.41. The fourth-order valence-electron chi connectivity index (χ4n) is 3.66. The largest absolute Gasteiger partial charge is 0.309 e. The summed E-state index contributed by atoms with van der Waals surface area (Å²) in [6.07, 6.45) is 5.49. The van der Waals surface area contributed by atoms with Crippen molar-refractivity contribution in [3.05, 3.63) is 35.9 Å². The first-order chi connectivity index (χ1) is 10.1. The molecule has 1 aliphatic rings. The van der Waals surface area contributed by atoms with Gasteiger partial charge in [-0.25, -0.2) is 0 Å². The zero-order valence-corrected chi connectivity index (χ0v) is 14.2. The molecule has 1 aliphatic carbocycles. The molecule has 1 saturated carbocycles.